The molecular formula is C15H11ClF2N2. The molecule has 0 spiro atoms. The van der Waals surface area contributed by atoms with Crippen molar-refractivity contribution in [3.05, 3.63) is 64.7 Å². The summed E-state index contributed by atoms with van der Waals surface area (Å²) in [6.07, 6.45) is -2.51. The molecule has 2 aromatic carbocycles. The molecule has 0 aliphatic carbocycles. The zero-order valence-electron chi connectivity index (χ0n) is 10.4. The smallest absolute Gasteiger partial charge is 0.263 e. The number of hydrogen-bond donors (Lipinski definition) is 1. The first kappa shape index (κ1) is 14.3. The molecule has 20 heavy (non-hydrogen) atoms. The molecule has 1 N–H and O–H groups in total. The molecule has 2 rings (SSSR count). The van der Waals surface area contributed by atoms with Gasteiger partial charge >= 0.3 is 0 Å². The van der Waals surface area contributed by atoms with Crippen molar-refractivity contribution in [1.29, 1.82) is 5.26 Å². The predicted octanol–water partition coefficient (Wildman–Crippen LogP) is 4.95. The minimum atomic E-state index is -2.51. The Bertz CT molecular complexity index is 621. The van der Waals surface area contributed by atoms with Crippen LogP contribution in [0.2, 0.25) is 5.02 Å². The summed E-state index contributed by atoms with van der Waals surface area (Å²) in [4.78, 5) is 0. The number of anilines is 1. The van der Waals surface area contributed by atoms with Crippen molar-refractivity contribution in [2.24, 2.45) is 0 Å². The average molecular weight is 293 g/mol. The monoisotopic (exact) mass is 292 g/mol. The van der Waals surface area contributed by atoms with E-state index in [0.29, 0.717) is 16.3 Å². The topological polar surface area (TPSA) is 35.8 Å². The van der Waals surface area contributed by atoms with Gasteiger partial charge < -0.3 is 5.32 Å². The van der Waals surface area contributed by atoms with Gasteiger partial charge in [0.1, 0.15) is 6.04 Å². The molecule has 0 aliphatic rings. The van der Waals surface area contributed by atoms with Gasteiger partial charge in [-0.05, 0) is 17.7 Å². The zero-order chi connectivity index (χ0) is 14.5. The second kappa shape index (κ2) is 6.36. The van der Waals surface area contributed by atoms with Crippen LogP contribution < -0.4 is 5.32 Å². The Kier molecular flexibility index (Phi) is 4.54. The maximum absolute atomic E-state index is 12.5. The Morgan fingerprint density at radius 2 is 1.60 bits per heavy atom. The summed E-state index contributed by atoms with van der Waals surface area (Å²) in [5.41, 5.74) is 1.17. The second-order valence-corrected chi connectivity index (χ2v) is 4.56. The minimum Gasteiger partial charge on any atom is -0.365 e. The summed E-state index contributed by atoms with van der Waals surface area (Å²) in [7, 11) is 0. The van der Waals surface area contributed by atoms with Crippen LogP contribution in [0.4, 0.5) is 14.5 Å². The number of para-hydroxylation sites is 1. The van der Waals surface area contributed by atoms with Crippen molar-refractivity contribution >= 4 is 17.3 Å². The van der Waals surface area contributed by atoms with E-state index in [2.05, 4.69) is 11.4 Å². The fraction of sp³-hybridized carbons (Fsp3) is 0.133. The van der Waals surface area contributed by atoms with E-state index in [1.807, 2.05) is 0 Å². The van der Waals surface area contributed by atoms with E-state index in [1.54, 1.807) is 24.3 Å². The number of nitriles is 1. The first-order valence-corrected chi connectivity index (χ1v) is 6.28. The summed E-state index contributed by atoms with van der Waals surface area (Å²) in [5, 5.41) is 12.7. The molecule has 2 nitrogen and oxygen atoms in total. The van der Waals surface area contributed by atoms with E-state index in [0.717, 1.165) is 0 Å². The van der Waals surface area contributed by atoms with Gasteiger partial charge in [0.15, 0.2) is 0 Å². The molecule has 0 aliphatic heterocycles. The molecule has 0 bridgehead atoms. The van der Waals surface area contributed by atoms with Crippen LogP contribution in [0.5, 0.6) is 0 Å². The van der Waals surface area contributed by atoms with E-state index < -0.39 is 12.5 Å². The zero-order valence-corrected chi connectivity index (χ0v) is 11.1. The maximum atomic E-state index is 12.5. The first-order chi connectivity index (χ1) is 9.61. The van der Waals surface area contributed by atoms with Crippen LogP contribution in [-0.4, -0.2) is 0 Å². The maximum Gasteiger partial charge on any atom is 0.263 e. The van der Waals surface area contributed by atoms with Gasteiger partial charge in [-0.15, -0.1) is 0 Å². The standard InChI is InChI=1S/C15H11ClF2N2/c16-12-3-1-2-4-13(12)20-14(9-19)10-5-7-11(8-6-10)15(17)18/h1-8,14-15,20H. The van der Waals surface area contributed by atoms with Crippen LogP contribution >= 0.6 is 11.6 Å². The third kappa shape index (κ3) is 3.25. The molecule has 1 unspecified atom stereocenters. The highest BCUT2D eigenvalue weighted by Crippen LogP contribution is 2.27. The largest absolute Gasteiger partial charge is 0.365 e. The number of benzene rings is 2. The lowest BCUT2D eigenvalue weighted by Gasteiger charge is -2.14. The molecule has 5 heteroatoms. The van der Waals surface area contributed by atoms with Gasteiger partial charge in [0.2, 0.25) is 0 Å². The lowest BCUT2D eigenvalue weighted by Crippen LogP contribution is -2.08. The molecule has 1 atom stereocenters. The SMILES string of the molecule is N#CC(Nc1ccccc1Cl)c1ccc(C(F)F)cc1. The third-order valence-electron chi connectivity index (χ3n) is 2.82. The number of nitrogens with zero attached hydrogens (tertiary/aromatic N) is 1. The van der Waals surface area contributed by atoms with Gasteiger partial charge in [0.25, 0.3) is 6.43 Å². The molecule has 0 amide bonds. The molecule has 0 saturated heterocycles. The summed E-state index contributed by atoms with van der Waals surface area (Å²) in [6, 6.07) is 14.1. The van der Waals surface area contributed by atoms with Crippen molar-refractivity contribution < 1.29 is 8.78 Å². The number of halogens is 3. The van der Waals surface area contributed by atoms with Crippen LogP contribution in [0.3, 0.4) is 0 Å². The highest BCUT2D eigenvalue weighted by Gasteiger charge is 2.13. The predicted molar refractivity (Wildman–Crippen MR) is 74.8 cm³/mol. The summed E-state index contributed by atoms with van der Waals surface area (Å²) in [6.45, 7) is 0. The van der Waals surface area contributed by atoms with Crippen molar-refractivity contribution in [2.45, 2.75) is 12.5 Å². The van der Waals surface area contributed by atoms with Gasteiger partial charge in [-0.2, -0.15) is 5.26 Å². The summed E-state index contributed by atoms with van der Waals surface area (Å²) >= 11 is 6.01. The second-order valence-electron chi connectivity index (χ2n) is 4.15. The van der Waals surface area contributed by atoms with E-state index in [4.69, 9.17) is 11.6 Å². The normalized spacial score (nSPS) is 11.9. The fourth-order valence-electron chi connectivity index (χ4n) is 1.76. The molecule has 0 fully saturated rings. The third-order valence-corrected chi connectivity index (χ3v) is 3.15. The Balaban J connectivity index is 2.21. The van der Waals surface area contributed by atoms with Crippen molar-refractivity contribution in [3.63, 3.8) is 0 Å². The molecule has 0 radical (unpaired) electrons. The first-order valence-electron chi connectivity index (χ1n) is 5.90. The Morgan fingerprint density at radius 3 is 2.15 bits per heavy atom. The van der Waals surface area contributed by atoms with Crippen molar-refractivity contribution in [2.75, 3.05) is 5.32 Å². The van der Waals surface area contributed by atoms with Crippen molar-refractivity contribution in [3.8, 4) is 6.07 Å². The lowest BCUT2D eigenvalue weighted by molar-refractivity contribution is 0.151. The van der Waals surface area contributed by atoms with Gasteiger partial charge in [0.05, 0.1) is 16.8 Å². The average Bonchev–Trinajstić information content (AvgIpc) is 2.46. The number of alkyl halides is 2. The highest BCUT2D eigenvalue weighted by atomic mass is 35.5. The highest BCUT2D eigenvalue weighted by molar-refractivity contribution is 6.33. The van der Waals surface area contributed by atoms with E-state index >= 15 is 0 Å². The van der Waals surface area contributed by atoms with Crippen molar-refractivity contribution in [1.82, 2.24) is 0 Å². The van der Waals surface area contributed by atoms with E-state index in [-0.39, 0.29) is 5.56 Å². The quantitative estimate of drug-likeness (QED) is 0.865. The summed E-state index contributed by atoms with van der Waals surface area (Å²) in [5.74, 6) is 0. The Hall–Kier alpha value is -2.12. The minimum absolute atomic E-state index is 0.0665. The summed E-state index contributed by atoms with van der Waals surface area (Å²) < 4.78 is 25.0. The molecule has 2 aromatic rings. The van der Waals surface area contributed by atoms with Gasteiger partial charge in [0, 0.05) is 5.56 Å². The van der Waals surface area contributed by atoms with Crippen LogP contribution in [-0.2, 0) is 0 Å². The lowest BCUT2D eigenvalue weighted by atomic mass is 10.1. The molecular weight excluding hydrogens is 282 g/mol. The van der Waals surface area contributed by atoms with Gasteiger partial charge in [-0.25, -0.2) is 8.78 Å². The molecule has 0 saturated carbocycles. The van der Waals surface area contributed by atoms with E-state index in [9.17, 15) is 14.0 Å². The van der Waals surface area contributed by atoms with Crippen LogP contribution in [0.15, 0.2) is 48.5 Å². The molecule has 0 aromatic heterocycles. The van der Waals surface area contributed by atoms with Gasteiger partial charge in [-0.3, -0.25) is 0 Å². The van der Waals surface area contributed by atoms with Crippen LogP contribution in [0.1, 0.15) is 23.6 Å². The van der Waals surface area contributed by atoms with Gasteiger partial charge in [-0.1, -0.05) is 48.0 Å². The number of hydrogen-bond acceptors (Lipinski definition) is 2. The molecule has 0 heterocycles. The Morgan fingerprint density at radius 1 is 1.00 bits per heavy atom. The number of nitrogens with one attached hydrogen (secondary N) is 1. The van der Waals surface area contributed by atoms with E-state index in [1.165, 1.54) is 24.3 Å². The van der Waals surface area contributed by atoms with Crippen LogP contribution in [0.25, 0.3) is 0 Å². The van der Waals surface area contributed by atoms with Crippen LogP contribution in [0, 0.1) is 11.3 Å². The Labute approximate surface area is 120 Å². The molecule has 102 valence electrons. The number of rotatable bonds is 4. The fourth-order valence-corrected chi connectivity index (χ4v) is 1.95.